The average Bonchev–Trinajstić information content (AvgIpc) is 3.15. The van der Waals surface area contributed by atoms with Crippen molar-refractivity contribution in [1.82, 2.24) is 19.9 Å². The molecule has 0 bridgehead atoms. The number of benzene rings is 1. The number of hydrogen-bond donors (Lipinski definition) is 1. The summed E-state index contributed by atoms with van der Waals surface area (Å²) in [5.41, 5.74) is 2.60. The summed E-state index contributed by atoms with van der Waals surface area (Å²) in [7, 11) is 1.51. The third kappa shape index (κ3) is 4.40. The molecule has 0 amide bonds. The van der Waals surface area contributed by atoms with Gasteiger partial charge in [0.1, 0.15) is 45.8 Å². The topological polar surface area (TPSA) is 72.9 Å². The van der Waals surface area contributed by atoms with E-state index in [0.717, 1.165) is 5.56 Å². The fourth-order valence-corrected chi connectivity index (χ4v) is 3.46. The third-order valence-corrected chi connectivity index (χ3v) is 5.07. The first-order valence-corrected chi connectivity index (χ1v) is 10.1. The molecule has 164 valence electrons. The van der Waals surface area contributed by atoms with Crippen molar-refractivity contribution in [3.63, 3.8) is 0 Å². The zero-order chi connectivity index (χ0) is 22.8. The van der Waals surface area contributed by atoms with Gasteiger partial charge in [0.15, 0.2) is 0 Å². The number of methoxy groups -OCH3 is 1. The number of nitrogens with one attached hydrogen (secondary N) is 1. The number of ether oxygens (including phenoxy) is 2. The molecule has 4 aromatic rings. The van der Waals surface area contributed by atoms with Crippen LogP contribution in [0.2, 0.25) is 5.15 Å². The highest BCUT2D eigenvalue weighted by Crippen LogP contribution is 2.38. The summed E-state index contributed by atoms with van der Waals surface area (Å²) in [5.74, 6) is 0.360. The van der Waals surface area contributed by atoms with Gasteiger partial charge in [-0.3, -0.25) is 4.98 Å². The maximum absolute atomic E-state index is 14.2. The molecule has 1 aromatic carbocycles. The first-order chi connectivity index (χ1) is 15.4. The summed E-state index contributed by atoms with van der Waals surface area (Å²) < 4.78 is 38.7. The first-order valence-electron chi connectivity index (χ1n) is 9.70. The predicted octanol–water partition coefficient (Wildman–Crippen LogP) is 5.92. The van der Waals surface area contributed by atoms with E-state index in [1.54, 1.807) is 44.3 Å². The summed E-state index contributed by atoms with van der Waals surface area (Å²) in [6.45, 7) is 3.49. The lowest BCUT2D eigenvalue weighted by Crippen LogP contribution is -2.08. The molecule has 0 aliphatic heterocycles. The van der Waals surface area contributed by atoms with Crippen molar-refractivity contribution in [3.05, 3.63) is 77.0 Å². The lowest BCUT2D eigenvalue weighted by molar-refractivity contribution is 0.215. The minimum Gasteiger partial charge on any atom is -0.496 e. The SMILES string of the molecule is COc1cc(OC(C)c2ncc(C)cc2F)ccc1-c1nc(-c2ccc(F)nc2)[nH]c1Cl. The number of aromatic amines is 1. The Labute approximate surface area is 188 Å². The predicted molar refractivity (Wildman–Crippen MR) is 117 cm³/mol. The van der Waals surface area contributed by atoms with Crippen molar-refractivity contribution in [2.45, 2.75) is 20.0 Å². The van der Waals surface area contributed by atoms with Crippen LogP contribution in [0.3, 0.4) is 0 Å². The number of halogens is 3. The van der Waals surface area contributed by atoms with Crippen molar-refractivity contribution >= 4 is 11.6 Å². The molecule has 1 N–H and O–H groups in total. The quantitative estimate of drug-likeness (QED) is 0.364. The second-order valence-corrected chi connectivity index (χ2v) is 7.50. The number of H-pyrrole nitrogens is 1. The minimum absolute atomic E-state index is 0.214. The number of aryl methyl sites for hydroxylation is 1. The standard InChI is InChI=1S/C23H19ClF2N4O2/c1-12-8-17(25)20(28-10-12)13(2)32-15-5-6-16(18(9-15)31-3)21-22(24)30-23(29-21)14-4-7-19(26)27-11-14/h4-11,13H,1-3H3,(H,29,30). The molecule has 0 fully saturated rings. The van der Waals surface area contributed by atoms with Crippen LogP contribution in [0.25, 0.3) is 22.6 Å². The number of pyridine rings is 2. The van der Waals surface area contributed by atoms with Crippen LogP contribution < -0.4 is 9.47 Å². The summed E-state index contributed by atoms with van der Waals surface area (Å²) >= 11 is 6.37. The van der Waals surface area contributed by atoms with Gasteiger partial charge < -0.3 is 14.5 Å². The number of hydrogen-bond acceptors (Lipinski definition) is 5. The van der Waals surface area contributed by atoms with Gasteiger partial charge in [-0.1, -0.05) is 11.6 Å². The molecular formula is C23H19ClF2N4O2. The van der Waals surface area contributed by atoms with Gasteiger partial charge in [-0.25, -0.2) is 14.4 Å². The van der Waals surface area contributed by atoms with Gasteiger partial charge in [-0.15, -0.1) is 0 Å². The Morgan fingerprint density at radius 3 is 2.56 bits per heavy atom. The molecule has 0 saturated heterocycles. The summed E-state index contributed by atoms with van der Waals surface area (Å²) in [6.07, 6.45) is 2.34. The van der Waals surface area contributed by atoms with Crippen LogP contribution in [-0.2, 0) is 0 Å². The lowest BCUT2D eigenvalue weighted by atomic mass is 10.1. The van der Waals surface area contributed by atoms with Gasteiger partial charge in [-0.05, 0) is 49.7 Å². The Bertz CT molecular complexity index is 1260. The number of aromatic nitrogens is 4. The van der Waals surface area contributed by atoms with Crippen molar-refractivity contribution in [2.75, 3.05) is 7.11 Å². The van der Waals surface area contributed by atoms with Gasteiger partial charge >= 0.3 is 0 Å². The normalized spacial score (nSPS) is 11.9. The molecular weight excluding hydrogens is 438 g/mol. The van der Waals surface area contributed by atoms with E-state index in [4.69, 9.17) is 21.1 Å². The van der Waals surface area contributed by atoms with E-state index in [1.165, 1.54) is 25.4 Å². The third-order valence-electron chi connectivity index (χ3n) is 4.79. The average molecular weight is 457 g/mol. The largest absolute Gasteiger partial charge is 0.496 e. The molecule has 3 aromatic heterocycles. The Kier molecular flexibility index (Phi) is 6.05. The zero-order valence-electron chi connectivity index (χ0n) is 17.5. The highest BCUT2D eigenvalue weighted by atomic mass is 35.5. The molecule has 0 saturated carbocycles. The van der Waals surface area contributed by atoms with Crippen LogP contribution >= 0.6 is 11.6 Å². The van der Waals surface area contributed by atoms with Crippen molar-refractivity contribution in [1.29, 1.82) is 0 Å². The van der Waals surface area contributed by atoms with Gasteiger partial charge in [-0.2, -0.15) is 4.39 Å². The van der Waals surface area contributed by atoms with Crippen molar-refractivity contribution < 1.29 is 18.3 Å². The molecule has 0 radical (unpaired) electrons. The Morgan fingerprint density at radius 1 is 1.06 bits per heavy atom. The molecule has 1 atom stereocenters. The van der Waals surface area contributed by atoms with Crippen molar-refractivity contribution in [2.24, 2.45) is 0 Å². The summed E-state index contributed by atoms with van der Waals surface area (Å²) in [4.78, 5) is 15.3. The first kappa shape index (κ1) is 21.7. The molecule has 1 unspecified atom stereocenters. The lowest BCUT2D eigenvalue weighted by Gasteiger charge is -2.16. The Morgan fingerprint density at radius 2 is 1.88 bits per heavy atom. The van der Waals surface area contributed by atoms with Gasteiger partial charge in [0, 0.05) is 29.6 Å². The van der Waals surface area contributed by atoms with Crippen LogP contribution in [0.4, 0.5) is 8.78 Å². The molecule has 4 rings (SSSR count). The maximum atomic E-state index is 14.2. The zero-order valence-corrected chi connectivity index (χ0v) is 18.2. The molecule has 0 spiro atoms. The highest BCUT2D eigenvalue weighted by Gasteiger charge is 2.19. The molecule has 3 heterocycles. The second kappa shape index (κ2) is 8.92. The smallest absolute Gasteiger partial charge is 0.212 e. The van der Waals surface area contributed by atoms with Crippen molar-refractivity contribution in [3.8, 4) is 34.1 Å². The fraction of sp³-hybridized carbons (Fsp3) is 0.174. The van der Waals surface area contributed by atoms with Crippen LogP contribution in [0, 0.1) is 18.7 Å². The van der Waals surface area contributed by atoms with Crippen LogP contribution in [0.15, 0.2) is 48.8 Å². The second-order valence-electron chi connectivity index (χ2n) is 7.12. The van der Waals surface area contributed by atoms with Gasteiger partial charge in [0.05, 0.1) is 7.11 Å². The van der Waals surface area contributed by atoms with E-state index in [2.05, 4.69) is 19.9 Å². The summed E-state index contributed by atoms with van der Waals surface area (Å²) in [5, 5.41) is 0.288. The number of rotatable bonds is 6. The monoisotopic (exact) mass is 456 g/mol. The maximum Gasteiger partial charge on any atom is 0.212 e. The van der Waals surface area contributed by atoms with E-state index in [0.29, 0.717) is 34.1 Å². The van der Waals surface area contributed by atoms with E-state index < -0.39 is 17.9 Å². The highest BCUT2D eigenvalue weighted by molar-refractivity contribution is 6.32. The molecule has 0 aliphatic carbocycles. The number of nitrogens with zero attached hydrogens (tertiary/aromatic N) is 3. The van der Waals surface area contributed by atoms with E-state index in [-0.39, 0.29) is 10.8 Å². The van der Waals surface area contributed by atoms with Crippen LogP contribution in [-0.4, -0.2) is 27.0 Å². The molecule has 6 nitrogen and oxygen atoms in total. The van der Waals surface area contributed by atoms with Crippen LogP contribution in [0.1, 0.15) is 24.3 Å². The minimum atomic E-state index is -0.613. The molecule has 9 heteroatoms. The Hall–Kier alpha value is -3.52. The van der Waals surface area contributed by atoms with Gasteiger partial charge in [0.2, 0.25) is 5.95 Å². The number of imidazole rings is 1. The molecule has 0 aliphatic rings. The van der Waals surface area contributed by atoms with E-state index >= 15 is 0 Å². The van der Waals surface area contributed by atoms with Gasteiger partial charge in [0.25, 0.3) is 0 Å². The molecule has 32 heavy (non-hydrogen) atoms. The Balaban J connectivity index is 1.62. The van der Waals surface area contributed by atoms with E-state index in [1.807, 2.05) is 0 Å². The van der Waals surface area contributed by atoms with Crippen LogP contribution in [0.5, 0.6) is 11.5 Å². The van der Waals surface area contributed by atoms with E-state index in [9.17, 15) is 8.78 Å². The summed E-state index contributed by atoms with van der Waals surface area (Å²) in [6, 6.07) is 9.33. The fourth-order valence-electron chi connectivity index (χ4n) is 3.23.